The highest BCUT2D eigenvalue weighted by molar-refractivity contribution is 5.68. The van der Waals surface area contributed by atoms with E-state index in [1.807, 2.05) is 20.8 Å². The Labute approximate surface area is 96.4 Å². The molecule has 0 radical (unpaired) electrons. The summed E-state index contributed by atoms with van der Waals surface area (Å²) >= 11 is 0. The van der Waals surface area contributed by atoms with Crippen LogP contribution in [0.15, 0.2) is 0 Å². The van der Waals surface area contributed by atoms with Gasteiger partial charge in [0.05, 0.1) is 5.60 Å². The molecule has 4 nitrogen and oxygen atoms in total. The summed E-state index contributed by atoms with van der Waals surface area (Å²) in [5, 5.41) is 12.9. The van der Waals surface area contributed by atoms with E-state index in [9.17, 15) is 9.90 Å². The molecule has 0 heterocycles. The van der Waals surface area contributed by atoms with Crippen LogP contribution in [0.4, 0.5) is 4.79 Å². The summed E-state index contributed by atoms with van der Waals surface area (Å²) in [6.07, 6.45) is 3.24. The van der Waals surface area contributed by atoms with Gasteiger partial charge >= 0.3 is 6.09 Å². The molecule has 1 amide bonds. The first-order valence-electron chi connectivity index (χ1n) is 6.00. The van der Waals surface area contributed by atoms with Crippen LogP contribution in [0.25, 0.3) is 0 Å². The fourth-order valence-electron chi connectivity index (χ4n) is 2.32. The molecule has 2 aliphatic rings. The van der Waals surface area contributed by atoms with Gasteiger partial charge in [-0.3, -0.25) is 0 Å². The van der Waals surface area contributed by atoms with Gasteiger partial charge in [0, 0.05) is 6.04 Å². The van der Waals surface area contributed by atoms with E-state index in [1.54, 1.807) is 0 Å². The minimum absolute atomic E-state index is 0.0837. The van der Waals surface area contributed by atoms with Crippen molar-refractivity contribution in [2.45, 2.75) is 63.7 Å². The van der Waals surface area contributed by atoms with Crippen molar-refractivity contribution in [3.05, 3.63) is 0 Å². The number of carbonyl (C=O) groups excluding carboxylic acids is 1. The first-order valence-corrected chi connectivity index (χ1v) is 6.00. The summed E-state index contributed by atoms with van der Waals surface area (Å²) in [5.41, 5.74) is -0.958. The van der Waals surface area contributed by atoms with Crippen molar-refractivity contribution in [2.24, 2.45) is 5.92 Å². The molecule has 0 aromatic carbocycles. The number of hydrogen-bond donors (Lipinski definition) is 2. The molecule has 0 unspecified atom stereocenters. The normalized spacial score (nSPS) is 34.1. The van der Waals surface area contributed by atoms with Crippen molar-refractivity contribution >= 4 is 6.09 Å². The fraction of sp³-hybridized carbons (Fsp3) is 0.917. The fourth-order valence-corrected chi connectivity index (χ4v) is 2.32. The molecular weight excluding hydrogens is 206 g/mol. The molecule has 16 heavy (non-hydrogen) atoms. The van der Waals surface area contributed by atoms with Crippen LogP contribution < -0.4 is 5.32 Å². The van der Waals surface area contributed by atoms with E-state index in [2.05, 4.69) is 5.32 Å². The zero-order valence-electron chi connectivity index (χ0n) is 10.2. The maximum Gasteiger partial charge on any atom is 0.407 e. The summed E-state index contributed by atoms with van der Waals surface area (Å²) in [6.45, 7) is 5.52. The average Bonchev–Trinajstić information content (AvgIpc) is 2.78. The molecule has 2 fully saturated rings. The monoisotopic (exact) mass is 227 g/mol. The number of ether oxygens (including phenoxy) is 1. The Morgan fingerprint density at radius 1 is 1.38 bits per heavy atom. The van der Waals surface area contributed by atoms with Crippen molar-refractivity contribution in [2.75, 3.05) is 0 Å². The summed E-state index contributed by atoms with van der Waals surface area (Å²) in [5.74, 6) is 0.476. The van der Waals surface area contributed by atoms with Crippen LogP contribution in [-0.2, 0) is 4.74 Å². The molecule has 0 bridgehead atoms. The molecule has 0 atom stereocenters. The van der Waals surface area contributed by atoms with E-state index < -0.39 is 11.2 Å². The third-order valence-corrected chi connectivity index (χ3v) is 3.26. The van der Waals surface area contributed by atoms with Crippen LogP contribution >= 0.6 is 0 Å². The van der Waals surface area contributed by atoms with Gasteiger partial charge in [0.2, 0.25) is 0 Å². The second-order valence-corrected chi connectivity index (χ2v) is 6.13. The standard InChI is InChI=1S/C12H21NO3/c1-11(2,3)16-10(14)13-9-6-12(15,7-9)8-4-5-8/h8-9,15H,4-7H2,1-3H3,(H,13,14). The van der Waals surface area contributed by atoms with E-state index in [1.165, 1.54) is 0 Å². The second-order valence-electron chi connectivity index (χ2n) is 6.13. The lowest BCUT2D eigenvalue weighted by molar-refractivity contribution is -0.0744. The number of aliphatic hydroxyl groups is 1. The van der Waals surface area contributed by atoms with Gasteiger partial charge in [0.1, 0.15) is 5.60 Å². The van der Waals surface area contributed by atoms with Gasteiger partial charge in [-0.1, -0.05) is 0 Å². The number of amides is 1. The Balaban J connectivity index is 1.71. The first-order chi connectivity index (χ1) is 7.28. The lowest BCUT2D eigenvalue weighted by Crippen LogP contribution is -2.56. The first kappa shape index (κ1) is 11.7. The Morgan fingerprint density at radius 3 is 2.38 bits per heavy atom. The van der Waals surface area contributed by atoms with Crippen LogP contribution in [0.5, 0.6) is 0 Å². The SMILES string of the molecule is CC(C)(C)OC(=O)NC1CC(O)(C2CC2)C1. The van der Waals surface area contributed by atoms with E-state index in [-0.39, 0.29) is 12.1 Å². The lowest BCUT2D eigenvalue weighted by atomic mass is 9.72. The molecule has 0 aliphatic heterocycles. The summed E-state index contributed by atoms with van der Waals surface area (Å²) in [6, 6.07) is 0.0837. The largest absolute Gasteiger partial charge is 0.444 e. The Bertz CT molecular complexity index is 285. The minimum atomic E-state index is -0.500. The molecular formula is C12H21NO3. The van der Waals surface area contributed by atoms with E-state index >= 15 is 0 Å². The maximum absolute atomic E-state index is 11.4. The molecule has 2 rings (SSSR count). The highest BCUT2D eigenvalue weighted by Gasteiger charge is 2.53. The Kier molecular flexibility index (Phi) is 2.65. The van der Waals surface area contributed by atoms with Crippen molar-refractivity contribution in [3.63, 3.8) is 0 Å². The highest BCUT2D eigenvalue weighted by atomic mass is 16.6. The predicted molar refractivity (Wildman–Crippen MR) is 60.1 cm³/mol. The quantitative estimate of drug-likeness (QED) is 0.756. The van der Waals surface area contributed by atoms with E-state index in [4.69, 9.17) is 4.74 Å². The Hall–Kier alpha value is -0.770. The van der Waals surface area contributed by atoms with Gasteiger partial charge < -0.3 is 15.2 Å². The lowest BCUT2D eigenvalue weighted by Gasteiger charge is -2.44. The molecule has 2 saturated carbocycles. The van der Waals surface area contributed by atoms with Gasteiger partial charge in [-0.05, 0) is 52.4 Å². The number of rotatable bonds is 2. The van der Waals surface area contributed by atoms with Crippen molar-refractivity contribution in [3.8, 4) is 0 Å². The van der Waals surface area contributed by atoms with Crippen LogP contribution in [0.1, 0.15) is 46.5 Å². The second kappa shape index (κ2) is 3.62. The maximum atomic E-state index is 11.4. The smallest absolute Gasteiger partial charge is 0.407 e. The summed E-state index contributed by atoms with van der Waals surface area (Å²) in [4.78, 5) is 11.4. The molecule has 92 valence electrons. The molecule has 2 N–H and O–H groups in total. The predicted octanol–water partition coefficient (Wildman–Crippen LogP) is 1.81. The topological polar surface area (TPSA) is 58.6 Å². The number of alkyl carbamates (subject to hydrolysis) is 1. The van der Waals surface area contributed by atoms with Crippen LogP contribution in [0.2, 0.25) is 0 Å². The molecule has 0 saturated heterocycles. The van der Waals surface area contributed by atoms with Crippen molar-refractivity contribution in [1.29, 1.82) is 0 Å². The van der Waals surface area contributed by atoms with Crippen molar-refractivity contribution in [1.82, 2.24) is 5.32 Å². The van der Waals surface area contributed by atoms with Gasteiger partial charge in [0.25, 0.3) is 0 Å². The van der Waals surface area contributed by atoms with Crippen molar-refractivity contribution < 1.29 is 14.6 Å². The molecule has 0 spiro atoms. The zero-order chi connectivity index (χ0) is 12.0. The third-order valence-electron chi connectivity index (χ3n) is 3.26. The van der Waals surface area contributed by atoms with Gasteiger partial charge in [-0.25, -0.2) is 4.79 Å². The van der Waals surface area contributed by atoms with Gasteiger partial charge in [-0.15, -0.1) is 0 Å². The molecule has 2 aliphatic carbocycles. The zero-order valence-corrected chi connectivity index (χ0v) is 10.2. The molecule has 0 aromatic rings. The highest BCUT2D eigenvalue weighted by Crippen LogP contribution is 2.50. The average molecular weight is 227 g/mol. The van der Waals surface area contributed by atoms with Gasteiger partial charge in [-0.2, -0.15) is 0 Å². The summed E-state index contributed by atoms with van der Waals surface area (Å²) in [7, 11) is 0. The minimum Gasteiger partial charge on any atom is -0.444 e. The Morgan fingerprint density at radius 2 is 1.94 bits per heavy atom. The molecule has 4 heteroatoms. The number of carbonyl (C=O) groups is 1. The van der Waals surface area contributed by atoms with E-state index in [0.717, 1.165) is 12.8 Å². The third kappa shape index (κ3) is 2.67. The van der Waals surface area contributed by atoms with Crippen LogP contribution in [0, 0.1) is 5.92 Å². The van der Waals surface area contributed by atoms with Gasteiger partial charge in [0.15, 0.2) is 0 Å². The molecule has 0 aromatic heterocycles. The number of hydrogen-bond acceptors (Lipinski definition) is 3. The van der Waals surface area contributed by atoms with E-state index in [0.29, 0.717) is 18.8 Å². The van der Waals surface area contributed by atoms with Crippen LogP contribution in [-0.4, -0.2) is 28.4 Å². The number of nitrogens with one attached hydrogen (secondary N) is 1. The van der Waals surface area contributed by atoms with Crippen LogP contribution in [0.3, 0.4) is 0 Å². The summed E-state index contributed by atoms with van der Waals surface area (Å²) < 4.78 is 5.16.